The Bertz CT molecular complexity index is 725. The van der Waals surface area contributed by atoms with E-state index in [4.69, 9.17) is 0 Å². The molecule has 4 heteroatoms. The number of carbonyl (C=O) groups is 1. The van der Waals surface area contributed by atoms with Gasteiger partial charge in [-0.25, -0.2) is 0 Å². The van der Waals surface area contributed by atoms with Crippen LogP contribution in [0.25, 0.3) is 6.08 Å². The molecule has 0 amide bonds. The second kappa shape index (κ2) is 6.22. The number of ketones is 1. The average Bonchev–Trinajstić information content (AvgIpc) is 2.45. The number of aromatic amines is 1. The minimum Gasteiger partial charge on any atom is -0.383 e. The predicted octanol–water partition coefficient (Wildman–Crippen LogP) is 2.45. The van der Waals surface area contributed by atoms with Gasteiger partial charge >= 0.3 is 0 Å². The molecule has 0 saturated carbocycles. The van der Waals surface area contributed by atoms with Crippen LogP contribution in [0.3, 0.4) is 0 Å². The van der Waals surface area contributed by atoms with Crippen molar-refractivity contribution in [3.05, 3.63) is 75.3 Å². The second-order valence-corrected chi connectivity index (χ2v) is 5.12. The lowest BCUT2D eigenvalue weighted by Gasteiger charge is -2.07. The second-order valence-electron chi connectivity index (χ2n) is 5.12. The van der Waals surface area contributed by atoms with Gasteiger partial charge in [-0.2, -0.15) is 0 Å². The molecule has 1 heterocycles. The van der Waals surface area contributed by atoms with Crippen LogP contribution in [-0.4, -0.2) is 29.8 Å². The van der Waals surface area contributed by atoms with Crippen LogP contribution in [0.2, 0.25) is 0 Å². The molecule has 21 heavy (non-hydrogen) atoms. The van der Waals surface area contributed by atoms with Crippen LogP contribution in [-0.2, 0) is 0 Å². The van der Waals surface area contributed by atoms with Gasteiger partial charge in [-0.15, -0.1) is 0 Å². The third-order valence-electron chi connectivity index (χ3n) is 3.05. The highest BCUT2D eigenvalue weighted by molar-refractivity contribution is 6.10. The number of aromatic nitrogens is 1. The van der Waals surface area contributed by atoms with Crippen LogP contribution in [0.4, 0.5) is 0 Å². The molecular formula is C17H18N2O2. The minimum absolute atomic E-state index is 0.107. The van der Waals surface area contributed by atoms with Gasteiger partial charge < -0.3 is 9.88 Å². The predicted molar refractivity (Wildman–Crippen MR) is 84.4 cm³/mol. The average molecular weight is 282 g/mol. The lowest BCUT2D eigenvalue weighted by molar-refractivity contribution is 0.103. The summed E-state index contributed by atoms with van der Waals surface area (Å²) in [7, 11) is 3.75. The van der Waals surface area contributed by atoms with Gasteiger partial charge in [-0.3, -0.25) is 9.59 Å². The van der Waals surface area contributed by atoms with E-state index in [0.717, 1.165) is 5.56 Å². The largest absolute Gasteiger partial charge is 0.383 e. The Balaban J connectivity index is 2.45. The van der Waals surface area contributed by atoms with E-state index in [-0.39, 0.29) is 11.3 Å². The monoisotopic (exact) mass is 282 g/mol. The van der Waals surface area contributed by atoms with E-state index in [0.29, 0.717) is 16.8 Å². The molecule has 2 aromatic rings. The summed E-state index contributed by atoms with van der Waals surface area (Å²) in [5.74, 6) is -0.107. The summed E-state index contributed by atoms with van der Waals surface area (Å²) in [4.78, 5) is 28.6. The summed E-state index contributed by atoms with van der Waals surface area (Å²) < 4.78 is 0. The molecule has 0 aliphatic rings. The smallest absolute Gasteiger partial charge is 0.248 e. The zero-order chi connectivity index (χ0) is 15.4. The molecule has 0 bridgehead atoms. The maximum Gasteiger partial charge on any atom is 0.248 e. The van der Waals surface area contributed by atoms with Gasteiger partial charge in [0.1, 0.15) is 0 Å². The van der Waals surface area contributed by atoms with Crippen molar-refractivity contribution in [2.45, 2.75) is 6.92 Å². The van der Waals surface area contributed by atoms with E-state index in [1.165, 1.54) is 6.07 Å². The Morgan fingerprint density at radius 1 is 1.10 bits per heavy atom. The van der Waals surface area contributed by atoms with Gasteiger partial charge in [-0.1, -0.05) is 29.8 Å². The lowest BCUT2D eigenvalue weighted by Crippen LogP contribution is -2.12. The van der Waals surface area contributed by atoms with Crippen LogP contribution >= 0.6 is 0 Å². The number of aryl methyl sites for hydroxylation is 1. The van der Waals surface area contributed by atoms with Gasteiger partial charge in [-0.05, 0) is 19.1 Å². The number of rotatable bonds is 4. The fourth-order valence-electron chi connectivity index (χ4n) is 1.90. The van der Waals surface area contributed by atoms with Crippen molar-refractivity contribution in [2.24, 2.45) is 0 Å². The summed E-state index contributed by atoms with van der Waals surface area (Å²) in [6, 6.07) is 10.3. The number of nitrogens with zero attached hydrogens (tertiary/aromatic N) is 1. The molecule has 1 aromatic heterocycles. The first kappa shape index (κ1) is 14.8. The van der Waals surface area contributed by atoms with E-state index < -0.39 is 0 Å². The highest BCUT2D eigenvalue weighted by Gasteiger charge is 2.13. The molecule has 1 aromatic carbocycles. The van der Waals surface area contributed by atoms with Crippen molar-refractivity contribution in [3.63, 3.8) is 0 Å². The molecular weight excluding hydrogens is 264 g/mol. The zero-order valence-corrected chi connectivity index (χ0v) is 12.4. The number of benzene rings is 1. The Morgan fingerprint density at radius 3 is 2.38 bits per heavy atom. The topological polar surface area (TPSA) is 53.2 Å². The molecule has 1 N–H and O–H groups in total. The Morgan fingerprint density at radius 2 is 1.76 bits per heavy atom. The summed E-state index contributed by atoms with van der Waals surface area (Å²) in [5, 5.41) is 0. The molecule has 0 fully saturated rings. The van der Waals surface area contributed by atoms with Gasteiger partial charge in [0, 0.05) is 37.5 Å². The van der Waals surface area contributed by atoms with Crippen LogP contribution in [0.5, 0.6) is 0 Å². The van der Waals surface area contributed by atoms with Crippen LogP contribution < -0.4 is 5.56 Å². The number of hydrogen-bond acceptors (Lipinski definition) is 3. The number of pyridine rings is 1. The summed E-state index contributed by atoms with van der Waals surface area (Å²) in [6.45, 7) is 1.97. The molecule has 108 valence electrons. The van der Waals surface area contributed by atoms with Crippen molar-refractivity contribution in [1.82, 2.24) is 9.88 Å². The number of carbonyl (C=O) groups excluding carboxylic acids is 1. The van der Waals surface area contributed by atoms with Crippen LogP contribution in [0, 0.1) is 6.92 Å². The van der Waals surface area contributed by atoms with Crippen molar-refractivity contribution < 1.29 is 4.79 Å². The van der Waals surface area contributed by atoms with E-state index in [2.05, 4.69) is 4.98 Å². The highest BCUT2D eigenvalue weighted by Crippen LogP contribution is 2.14. The summed E-state index contributed by atoms with van der Waals surface area (Å²) in [6.07, 6.45) is 3.51. The number of hydrogen-bond donors (Lipinski definition) is 1. The van der Waals surface area contributed by atoms with Crippen molar-refractivity contribution in [1.29, 1.82) is 0 Å². The third-order valence-corrected chi connectivity index (χ3v) is 3.05. The van der Waals surface area contributed by atoms with E-state index in [1.807, 2.05) is 38.1 Å². The van der Waals surface area contributed by atoms with Gasteiger partial charge in [0.2, 0.25) is 5.56 Å². The normalized spacial score (nSPS) is 10.8. The van der Waals surface area contributed by atoms with Gasteiger partial charge in [0.25, 0.3) is 0 Å². The first-order valence-electron chi connectivity index (χ1n) is 6.66. The van der Waals surface area contributed by atoms with Crippen molar-refractivity contribution in [2.75, 3.05) is 14.1 Å². The number of nitrogens with one attached hydrogen (secondary N) is 1. The maximum absolute atomic E-state index is 12.6. The molecule has 0 atom stereocenters. The number of H-pyrrole nitrogens is 1. The first-order chi connectivity index (χ1) is 9.97. The van der Waals surface area contributed by atoms with Crippen molar-refractivity contribution in [3.8, 4) is 0 Å². The summed E-state index contributed by atoms with van der Waals surface area (Å²) in [5.41, 5.74) is 2.47. The highest BCUT2D eigenvalue weighted by atomic mass is 16.1. The Labute approximate surface area is 123 Å². The van der Waals surface area contributed by atoms with Gasteiger partial charge in [0.15, 0.2) is 5.78 Å². The van der Waals surface area contributed by atoms with Gasteiger partial charge in [0.05, 0.1) is 5.69 Å². The fraction of sp³-hybridized carbons (Fsp3) is 0.176. The van der Waals surface area contributed by atoms with E-state index >= 15 is 0 Å². The molecule has 0 aliphatic heterocycles. The van der Waals surface area contributed by atoms with Crippen LogP contribution in [0.1, 0.15) is 27.2 Å². The van der Waals surface area contributed by atoms with E-state index in [1.54, 1.807) is 30.5 Å². The van der Waals surface area contributed by atoms with Crippen molar-refractivity contribution >= 4 is 11.9 Å². The minimum atomic E-state index is -0.228. The molecule has 0 radical (unpaired) electrons. The Hall–Kier alpha value is -2.62. The van der Waals surface area contributed by atoms with Crippen LogP contribution in [0.15, 0.2) is 47.4 Å². The SMILES string of the molecule is Cc1ccc(C(=O)c2ccc(=O)[nH]c2C=CN(C)C)cc1. The maximum atomic E-state index is 12.6. The molecule has 0 saturated heterocycles. The molecule has 0 spiro atoms. The molecule has 4 nitrogen and oxygen atoms in total. The summed E-state index contributed by atoms with van der Waals surface area (Å²) >= 11 is 0. The molecule has 0 unspecified atom stereocenters. The quantitative estimate of drug-likeness (QED) is 0.876. The lowest BCUT2D eigenvalue weighted by atomic mass is 10.0. The standard InChI is InChI=1S/C17H18N2O2/c1-12-4-6-13(7-5-12)17(21)14-8-9-16(20)18-15(14)10-11-19(2)3/h4-11H,1-3H3,(H,18,20). The first-order valence-corrected chi connectivity index (χ1v) is 6.66. The molecule has 0 aliphatic carbocycles. The fourth-order valence-corrected chi connectivity index (χ4v) is 1.90. The zero-order valence-electron chi connectivity index (χ0n) is 12.4. The molecule has 2 rings (SSSR count). The third kappa shape index (κ3) is 3.69. The Kier molecular flexibility index (Phi) is 4.38. The van der Waals surface area contributed by atoms with E-state index in [9.17, 15) is 9.59 Å².